The Bertz CT molecular complexity index is 1690. The molecule has 0 saturated carbocycles. The summed E-state index contributed by atoms with van der Waals surface area (Å²) < 4.78 is 13.8. The molecule has 7 N–H and O–H groups in total. The number of aryl methyl sites for hydroxylation is 2. The molecule has 0 saturated heterocycles. The minimum atomic E-state index is -0.142. The highest BCUT2D eigenvalue weighted by atomic mass is 19.1. The second-order valence-electron chi connectivity index (χ2n) is 14.9. The Balaban J connectivity index is 0.000000375. The summed E-state index contributed by atoms with van der Waals surface area (Å²) >= 11 is 0. The summed E-state index contributed by atoms with van der Waals surface area (Å²) in [4.78, 5) is 4.97. The maximum Gasteiger partial charge on any atom is 0.126 e. The number of hydrogen-bond donors (Lipinski definition) is 5. The number of rotatable bonds is 23. The van der Waals surface area contributed by atoms with Crippen LogP contribution in [0.25, 0.3) is 0 Å². The van der Waals surface area contributed by atoms with Crippen LogP contribution in [0.3, 0.4) is 0 Å². The average Bonchev–Trinajstić information content (AvgIpc) is 3.23. The highest BCUT2D eigenvalue weighted by molar-refractivity contribution is 5.75. The van der Waals surface area contributed by atoms with E-state index in [4.69, 9.17) is 22.5 Å². The van der Waals surface area contributed by atoms with Gasteiger partial charge in [-0.3, -0.25) is 20.8 Å². The molecule has 0 amide bonds. The molecule has 316 valence electrons. The van der Waals surface area contributed by atoms with Crippen LogP contribution in [-0.2, 0) is 19.3 Å². The van der Waals surface area contributed by atoms with E-state index < -0.39 is 0 Å². The lowest BCUT2D eigenvalue weighted by atomic mass is 9.88. The lowest BCUT2D eigenvalue weighted by molar-refractivity contribution is 0.274. The minimum Gasteiger partial charge on any atom is -0.390 e. The fourth-order valence-electron chi connectivity index (χ4n) is 6.45. The molecule has 1 aliphatic carbocycles. The van der Waals surface area contributed by atoms with Crippen LogP contribution in [0.15, 0.2) is 116 Å². The molecule has 0 aliphatic heterocycles. The van der Waals surface area contributed by atoms with E-state index in [0.29, 0.717) is 17.4 Å². The molecule has 0 spiro atoms. The number of hydrogen-bond acceptors (Lipinski definition) is 7. The fourth-order valence-corrected chi connectivity index (χ4v) is 6.45. The summed E-state index contributed by atoms with van der Waals surface area (Å²) in [5.74, 6) is 12.6. The molecule has 2 atom stereocenters. The summed E-state index contributed by atoms with van der Waals surface area (Å²) in [7, 11) is 0. The first kappa shape index (κ1) is 49.3. The van der Waals surface area contributed by atoms with Crippen molar-refractivity contribution in [2.45, 2.75) is 73.1 Å². The number of nitrogens with one attached hydrogen (secondary N) is 3. The third-order valence-corrected chi connectivity index (χ3v) is 10.3. The van der Waals surface area contributed by atoms with Gasteiger partial charge in [-0.15, -0.1) is 6.58 Å². The molecule has 0 fully saturated rings. The van der Waals surface area contributed by atoms with Crippen LogP contribution in [0.4, 0.5) is 15.8 Å². The van der Waals surface area contributed by atoms with Gasteiger partial charge >= 0.3 is 0 Å². The first-order valence-electron chi connectivity index (χ1n) is 20.7. The maximum atomic E-state index is 13.8. The van der Waals surface area contributed by atoms with Crippen molar-refractivity contribution in [3.05, 3.63) is 144 Å². The molecule has 4 rings (SSSR count). The van der Waals surface area contributed by atoms with E-state index in [1.165, 1.54) is 46.1 Å². The molecular formula is C48H72FN9. The third-order valence-electron chi connectivity index (χ3n) is 10.3. The predicted molar refractivity (Wildman–Crippen MR) is 248 cm³/mol. The van der Waals surface area contributed by atoms with Crippen molar-refractivity contribution >= 4 is 24.1 Å². The van der Waals surface area contributed by atoms with Gasteiger partial charge in [-0.2, -0.15) is 0 Å². The van der Waals surface area contributed by atoms with Crippen molar-refractivity contribution < 1.29 is 4.39 Å². The van der Waals surface area contributed by atoms with Crippen LogP contribution in [0.2, 0.25) is 0 Å². The minimum absolute atomic E-state index is 0.142. The van der Waals surface area contributed by atoms with Crippen LogP contribution in [0.5, 0.6) is 0 Å². The van der Waals surface area contributed by atoms with Gasteiger partial charge in [0.2, 0.25) is 0 Å². The SMILES string of the molecule is C=CC.C=CNCCN(CCc1ccc(N(N)C=N)cc1)CCc1ccc(C)c(F)c1.CCCN(CCCc1ccc(N(N)C=N)cc1)CCC1=CC(C)C(C)C=C1. The number of benzene rings is 3. The number of nitrogens with two attached hydrogens (primary N) is 2. The third kappa shape index (κ3) is 19.0. The Hall–Kier alpha value is -4.87. The van der Waals surface area contributed by atoms with Gasteiger partial charge in [-0.05, 0) is 136 Å². The van der Waals surface area contributed by atoms with E-state index in [2.05, 4.69) is 79.4 Å². The lowest BCUT2D eigenvalue weighted by Gasteiger charge is -2.24. The number of anilines is 2. The van der Waals surface area contributed by atoms with Gasteiger partial charge in [0.25, 0.3) is 0 Å². The molecule has 10 heteroatoms. The van der Waals surface area contributed by atoms with Gasteiger partial charge < -0.3 is 15.1 Å². The van der Waals surface area contributed by atoms with Crippen LogP contribution < -0.4 is 27.0 Å². The summed E-state index contributed by atoms with van der Waals surface area (Å²) in [5.41, 5.74) is 7.36. The zero-order valence-electron chi connectivity index (χ0n) is 36.0. The molecule has 3 aromatic carbocycles. The van der Waals surface area contributed by atoms with Gasteiger partial charge in [0.05, 0.1) is 11.4 Å². The average molecular weight is 794 g/mol. The molecule has 0 heterocycles. The van der Waals surface area contributed by atoms with Crippen LogP contribution in [0.1, 0.15) is 69.2 Å². The second-order valence-corrected chi connectivity index (χ2v) is 14.9. The van der Waals surface area contributed by atoms with E-state index in [9.17, 15) is 4.39 Å². The number of allylic oxidation sites excluding steroid dienone is 4. The van der Waals surface area contributed by atoms with Gasteiger partial charge in [-0.1, -0.05) is 93.6 Å². The Morgan fingerprint density at radius 1 is 0.724 bits per heavy atom. The number of nitrogens with zero attached hydrogens (tertiary/aromatic N) is 4. The zero-order valence-corrected chi connectivity index (χ0v) is 36.0. The maximum absolute atomic E-state index is 13.8. The zero-order chi connectivity index (χ0) is 42.7. The second kappa shape index (κ2) is 28.5. The molecule has 3 aromatic rings. The molecule has 0 aromatic heterocycles. The van der Waals surface area contributed by atoms with Crippen molar-refractivity contribution in [1.29, 1.82) is 10.8 Å². The number of halogens is 1. The summed E-state index contributed by atoms with van der Waals surface area (Å²) in [6, 6.07) is 21.6. The first-order valence-corrected chi connectivity index (χ1v) is 20.7. The quantitative estimate of drug-likeness (QED) is 0.0162. The lowest BCUT2D eigenvalue weighted by Crippen LogP contribution is -2.34. The van der Waals surface area contributed by atoms with Crippen LogP contribution in [0, 0.1) is 35.4 Å². The highest BCUT2D eigenvalue weighted by Gasteiger charge is 2.13. The van der Waals surface area contributed by atoms with Crippen molar-refractivity contribution in [2.24, 2.45) is 23.5 Å². The fraction of sp³-hybridized carbons (Fsp3) is 0.417. The Morgan fingerprint density at radius 2 is 1.24 bits per heavy atom. The molecular weight excluding hydrogens is 722 g/mol. The summed E-state index contributed by atoms with van der Waals surface area (Å²) in [6.07, 6.45) is 19.1. The molecule has 58 heavy (non-hydrogen) atoms. The largest absolute Gasteiger partial charge is 0.390 e. The normalized spacial score (nSPS) is 14.3. The standard InChI is InChI=1S/C23H36N4.C22H30FN5.C3H6/c1-4-14-26(16-13-22-8-7-19(2)20(3)17-22)15-5-6-21-9-11-23(12-10-21)27(25)18-24;1-3-26-12-15-27(14-11-20-5-4-18(2)22(23)16-20)13-10-19-6-8-21(9-7-19)28(25)17-24;1-3-2/h7-12,17-20,24H,4-6,13-16,25H2,1-3H3;3-9,16-17,24,26H,1,10-15,25H2,2H3;3H,1H2,2H3. The van der Waals surface area contributed by atoms with E-state index in [-0.39, 0.29) is 5.82 Å². The van der Waals surface area contributed by atoms with Crippen molar-refractivity contribution in [3.63, 3.8) is 0 Å². The Labute approximate surface area is 349 Å². The van der Waals surface area contributed by atoms with Crippen LogP contribution in [-0.4, -0.2) is 68.3 Å². The summed E-state index contributed by atoms with van der Waals surface area (Å²) in [5, 5.41) is 20.1. The molecule has 1 aliphatic rings. The van der Waals surface area contributed by atoms with E-state index in [1.807, 2.05) is 55.5 Å². The van der Waals surface area contributed by atoms with Crippen molar-refractivity contribution in [1.82, 2.24) is 15.1 Å². The van der Waals surface area contributed by atoms with Gasteiger partial charge in [0.15, 0.2) is 0 Å². The topological polar surface area (TPSA) is 125 Å². The Morgan fingerprint density at radius 3 is 1.76 bits per heavy atom. The highest BCUT2D eigenvalue weighted by Crippen LogP contribution is 2.24. The van der Waals surface area contributed by atoms with E-state index >= 15 is 0 Å². The van der Waals surface area contributed by atoms with Crippen molar-refractivity contribution in [2.75, 3.05) is 55.8 Å². The monoisotopic (exact) mass is 794 g/mol. The van der Waals surface area contributed by atoms with Gasteiger partial charge in [0.1, 0.15) is 18.5 Å². The van der Waals surface area contributed by atoms with Crippen LogP contribution >= 0.6 is 0 Å². The van der Waals surface area contributed by atoms with Gasteiger partial charge in [0, 0.05) is 32.7 Å². The predicted octanol–water partition coefficient (Wildman–Crippen LogP) is 9.21. The Kier molecular flexibility index (Phi) is 24.2. The molecule has 2 unspecified atom stereocenters. The smallest absolute Gasteiger partial charge is 0.126 e. The van der Waals surface area contributed by atoms with Gasteiger partial charge in [-0.25, -0.2) is 16.1 Å². The first-order chi connectivity index (χ1) is 28.0. The number of hydrazine groups is 2. The molecule has 0 radical (unpaired) electrons. The van der Waals surface area contributed by atoms with E-state index in [1.54, 1.807) is 25.3 Å². The van der Waals surface area contributed by atoms with E-state index in [0.717, 1.165) is 94.6 Å². The molecule has 9 nitrogen and oxygen atoms in total. The summed E-state index contributed by atoms with van der Waals surface area (Å²) in [6.45, 7) is 24.5. The molecule has 0 bridgehead atoms. The van der Waals surface area contributed by atoms with Crippen molar-refractivity contribution in [3.8, 4) is 0 Å².